The van der Waals surface area contributed by atoms with E-state index in [1.165, 1.54) is 83.5 Å². The summed E-state index contributed by atoms with van der Waals surface area (Å²) in [4.78, 5) is 13.2. The molecule has 400 valence electrons. The molecule has 2 aliphatic rings. The van der Waals surface area contributed by atoms with Gasteiger partial charge in [0.15, 0.2) is 12.6 Å². The Balaban J connectivity index is 1.85. The van der Waals surface area contributed by atoms with Crippen LogP contribution in [0.4, 0.5) is 0 Å². The van der Waals surface area contributed by atoms with Gasteiger partial charge in [-0.25, -0.2) is 0 Å². The summed E-state index contributed by atoms with van der Waals surface area (Å²) in [5.74, 6) is -0.270. The third-order valence-corrected chi connectivity index (χ3v) is 12.9. The summed E-state index contributed by atoms with van der Waals surface area (Å²) in [5, 5.41) is 86.8. The standard InChI is InChI=1S/C55H97NO13/c1-3-5-7-9-11-13-15-17-19-20-21-22-23-24-25-26-28-30-32-34-36-38-44(59)43(56-47(60)39-37-35-33-31-29-27-18-16-14-12-10-8-6-4-2)42-66-54-52(65)50(63)53(46(41-58)68-54)69-55-51(64)49(62)48(61)45(40-57)67-55/h10,12,16,18,23-24,28,30,36,38,43-46,48-55,57-59,61-65H,3-9,11,13-15,17,19-22,25-27,29,31-35,37,39-42H2,1-2H3,(H,56,60)/b12-10-,18-16-,24-23+,30-28+,38-36+. The molecule has 2 aliphatic heterocycles. The largest absolute Gasteiger partial charge is 0.394 e. The van der Waals surface area contributed by atoms with Gasteiger partial charge in [-0.15, -0.1) is 0 Å². The number of aliphatic hydroxyl groups is 8. The Hall–Kier alpha value is -2.31. The first kappa shape index (κ1) is 62.8. The number of amides is 1. The van der Waals surface area contributed by atoms with Crippen molar-refractivity contribution in [1.82, 2.24) is 5.32 Å². The van der Waals surface area contributed by atoms with Crippen LogP contribution in [0.1, 0.15) is 187 Å². The number of carbonyl (C=O) groups excluding carboxylic acids is 1. The third kappa shape index (κ3) is 27.9. The molecule has 2 fully saturated rings. The van der Waals surface area contributed by atoms with E-state index >= 15 is 0 Å². The molecule has 2 heterocycles. The Labute approximate surface area is 416 Å². The minimum atomic E-state index is -1.79. The fraction of sp³-hybridized carbons (Fsp3) is 0.800. The molecule has 2 rings (SSSR count). The topological polar surface area (TPSA) is 228 Å². The van der Waals surface area contributed by atoms with Gasteiger partial charge in [0, 0.05) is 6.42 Å². The molecule has 0 aliphatic carbocycles. The van der Waals surface area contributed by atoms with Crippen LogP contribution >= 0.6 is 0 Å². The Kier molecular flexibility index (Phi) is 37.5. The molecule has 9 N–H and O–H groups in total. The number of unbranched alkanes of at least 4 members (excludes halogenated alkanes) is 20. The number of nitrogens with one attached hydrogen (secondary N) is 1. The minimum absolute atomic E-state index is 0.251. The normalized spacial score (nSPS) is 26.6. The van der Waals surface area contributed by atoms with Gasteiger partial charge < -0.3 is 65.1 Å². The number of ether oxygens (including phenoxy) is 4. The Bertz CT molecular complexity index is 1390. The summed E-state index contributed by atoms with van der Waals surface area (Å²) < 4.78 is 22.7. The van der Waals surface area contributed by atoms with E-state index in [9.17, 15) is 45.6 Å². The highest BCUT2D eigenvalue weighted by molar-refractivity contribution is 5.76. The maximum atomic E-state index is 13.2. The van der Waals surface area contributed by atoms with Crippen LogP contribution in [-0.4, -0.2) is 140 Å². The number of hydrogen-bond donors (Lipinski definition) is 9. The molecule has 0 radical (unpaired) electrons. The number of allylic oxidation sites excluding steroid dienone is 9. The highest BCUT2D eigenvalue weighted by Crippen LogP contribution is 2.30. The molecule has 14 nitrogen and oxygen atoms in total. The van der Waals surface area contributed by atoms with E-state index in [-0.39, 0.29) is 18.9 Å². The van der Waals surface area contributed by atoms with Crippen LogP contribution in [0, 0.1) is 0 Å². The lowest BCUT2D eigenvalue weighted by Gasteiger charge is -2.46. The van der Waals surface area contributed by atoms with Crippen molar-refractivity contribution in [2.45, 2.75) is 261 Å². The van der Waals surface area contributed by atoms with Gasteiger partial charge in [0.25, 0.3) is 0 Å². The van der Waals surface area contributed by atoms with Gasteiger partial charge in [-0.3, -0.25) is 4.79 Å². The second-order valence-electron chi connectivity index (χ2n) is 19.0. The summed E-state index contributed by atoms with van der Waals surface area (Å²) in [5.41, 5.74) is 0. The average molecular weight is 980 g/mol. The molecule has 69 heavy (non-hydrogen) atoms. The van der Waals surface area contributed by atoms with Gasteiger partial charge in [0.2, 0.25) is 5.91 Å². The van der Waals surface area contributed by atoms with Gasteiger partial charge >= 0.3 is 0 Å². The maximum Gasteiger partial charge on any atom is 0.220 e. The molecule has 12 atom stereocenters. The summed E-state index contributed by atoms with van der Waals surface area (Å²) in [7, 11) is 0. The van der Waals surface area contributed by atoms with E-state index in [4.69, 9.17) is 18.9 Å². The Morgan fingerprint density at radius 1 is 0.522 bits per heavy atom. The SMILES string of the molecule is CCCC/C=C\C/C=C\CCCCCCCC(=O)NC(COC1OC(CO)C(OC2OC(CO)C(O)C(O)C2O)C(O)C1O)C(O)/C=C/CC/C=C/CC/C=C/CCCCCCCCCCCCC. The van der Waals surface area contributed by atoms with E-state index in [2.05, 4.69) is 67.8 Å². The van der Waals surface area contributed by atoms with Crippen LogP contribution in [0.15, 0.2) is 60.8 Å². The van der Waals surface area contributed by atoms with Crippen molar-refractivity contribution < 1.29 is 64.6 Å². The number of hydrogen-bond acceptors (Lipinski definition) is 13. The van der Waals surface area contributed by atoms with Gasteiger partial charge in [-0.2, -0.15) is 0 Å². The molecule has 0 bridgehead atoms. The lowest BCUT2D eigenvalue weighted by molar-refractivity contribution is -0.359. The third-order valence-electron chi connectivity index (χ3n) is 12.9. The van der Waals surface area contributed by atoms with Crippen LogP contribution < -0.4 is 5.32 Å². The summed E-state index contributed by atoms with van der Waals surface area (Å²) in [6, 6.07) is -0.946. The summed E-state index contributed by atoms with van der Waals surface area (Å²) in [6.07, 6.45) is 34.0. The number of carbonyl (C=O) groups is 1. The van der Waals surface area contributed by atoms with Crippen LogP contribution in [-0.2, 0) is 23.7 Å². The zero-order valence-corrected chi connectivity index (χ0v) is 42.5. The average Bonchev–Trinajstić information content (AvgIpc) is 3.35. The lowest BCUT2D eigenvalue weighted by Crippen LogP contribution is -2.65. The van der Waals surface area contributed by atoms with Crippen molar-refractivity contribution in [3.05, 3.63) is 60.8 Å². The van der Waals surface area contributed by atoms with Crippen molar-refractivity contribution in [3.63, 3.8) is 0 Å². The molecule has 0 spiro atoms. The van der Waals surface area contributed by atoms with Crippen LogP contribution in [0.5, 0.6) is 0 Å². The lowest BCUT2D eigenvalue weighted by atomic mass is 9.97. The monoisotopic (exact) mass is 980 g/mol. The van der Waals surface area contributed by atoms with Gasteiger partial charge in [-0.1, -0.05) is 171 Å². The molecule has 0 aromatic carbocycles. The van der Waals surface area contributed by atoms with E-state index in [1.807, 2.05) is 6.08 Å². The summed E-state index contributed by atoms with van der Waals surface area (Å²) >= 11 is 0. The predicted molar refractivity (Wildman–Crippen MR) is 272 cm³/mol. The Morgan fingerprint density at radius 2 is 0.986 bits per heavy atom. The van der Waals surface area contributed by atoms with Crippen molar-refractivity contribution in [2.24, 2.45) is 0 Å². The Morgan fingerprint density at radius 3 is 1.55 bits per heavy atom. The van der Waals surface area contributed by atoms with E-state index in [0.717, 1.165) is 70.6 Å². The zero-order chi connectivity index (χ0) is 50.3. The molecule has 2 saturated heterocycles. The van der Waals surface area contributed by atoms with E-state index in [1.54, 1.807) is 6.08 Å². The fourth-order valence-corrected chi connectivity index (χ4v) is 8.46. The van der Waals surface area contributed by atoms with E-state index in [0.29, 0.717) is 12.8 Å². The smallest absolute Gasteiger partial charge is 0.220 e. The highest BCUT2D eigenvalue weighted by atomic mass is 16.7. The molecule has 14 heteroatoms. The maximum absolute atomic E-state index is 13.2. The minimum Gasteiger partial charge on any atom is -0.394 e. The van der Waals surface area contributed by atoms with Gasteiger partial charge in [0.05, 0.1) is 32.0 Å². The zero-order valence-electron chi connectivity index (χ0n) is 42.5. The number of rotatable bonds is 41. The molecule has 0 aromatic heterocycles. The second-order valence-corrected chi connectivity index (χ2v) is 19.0. The van der Waals surface area contributed by atoms with Gasteiger partial charge in [0.1, 0.15) is 48.8 Å². The molecule has 12 unspecified atom stereocenters. The van der Waals surface area contributed by atoms with Crippen LogP contribution in [0.2, 0.25) is 0 Å². The van der Waals surface area contributed by atoms with Crippen LogP contribution in [0.3, 0.4) is 0 Å². The fourth-order valence-electron chi connectivity index (χ4n) is 8.46. The van der Waals surface area contributed by atoms with Crippen molar-refractivity contribution in [3.8, 4) is 0 Å². The molecular formula is C55H97NO13. The van der Waals surface area contributed by atoms with Crippen molar-refractivity contribution in [2.75, 3.05) is 19.8 Å². The van der Waals surface area contributed by atoms with Crippen molar-refractivity contribution >= 4 is 5.91 Å². The molecule has 1 amide bonds. The van der Waals surface area contributed by atoms with Crippen molar-refractivity contribution in [1.29, 1.82) is 0 Å². The second kappa shape index (κ2) is 41.2. The molecule has 0 aromatic rings. The number of aliphatic hydroxyl groups excluding tert-OH is 8. The van der Waals surface area contributed by atoms with E-state index < -0.39 is 86.8 Å². The molecule has 0 saturated carbocycles. The van der Waals surface area contributed by atoms with Gasteiger partial charge in [-0.05, 0) is 70.6 Å². The molecular weight excluding hydrogens is 883 g/mol. The quantitative estimate of drug-likeness (QED) is 0.0211. The first-order chi connectivity index (χ1) is 33.6. The first-order valence-electron chi connectivity index (χ1n) is 27.0. The summed E-state index contributed by atoms with van der Waals surface area (Å²) in [6.45, 7) is 2.70. The van der Waals surface area contributed by atoms with Crippen LogP contribution in [0.25, 0.3) is 0 Å². The first-order valence-corrected chi connectivity index (χ1v) is 27.0. The highest BCUT2D eigenvalue weighted by Gasteiger charge is 2.51. The predicted octanol–water partition coefficient (Wildman–Crippen LogP) is 7.83.